The summed E-state index contributed by atoms with van der Waals surface area (Å²) in [7, 11) is -2.94. The Labute approximate surface area is 108 Å². The number of hydrogen-bond donors (Lipinski definition) is 1. The zero-order valence-electron chi connectivity index (χ0n) is 10.7. The minimum atomic E-state index is -2.94. The lowest BCUT2D eigenvalue weighted by atomic mass is 10.5. The lowest BCUT2D eigenvalue weighted by molar-refractivity contribution is 0.575. The molecule has 1 aromatic heterocycles. The van der Waals surface area contributed by atoms with Crippen LogP contribution in [0.1, 0.15) is 32.0 Å². The van der Waals surface area contributed by atoms with Gasteiger partial charge in [-0.1, -0.05) is 6.92 Å². The lowest BCUT2D eigenvalue weighted by Crippen LogP contribution is -2.18. The van der Waals surface area contributed by atoms with Crippen LogP contribution in [-0.4, -0.2) is 40.7 Å². The second-order valence-corrected chi connectivity index (χ2v) is 7.03. The van der Waals surface area contributed by atoms with E-state index in [4.69, 9.17) is 0 Å². The van der Waals surface area contributed by atoms with Crippen LogP contribution in [0.2, 0.25) is 0 Å². The highest BCUT2D eigenvalue weighted by atomic mass is 32.2. The molecule has 1 N–H and O–H groups in total. The first-order chi connectivity index (χ1) is 8.59. The molecule has 0 unspecified atom stereocenters. The SMILES string of the molecule is CCCS(=O)(=O)CCn1cnc(CNC2CC2)n1. The molecule has 0 atom stereocenters. The van der Waals surface area contributed by atoms with Crippen molar-refractivity contribution in [3.05, 3.63) is 12.2 Å². The summed E-state index contributed by atoms with van der Waals surface area (Å²) in [6.07, 6.45) is 4.73. The average Bonchev–Trinajstić information content (AvgIpc) is 3.03. The molecule has 0 aromatic carbocycles. The van der Waals surface area contributed by atoms with Gasteiger partial charge in [0.2, 0.25) is 0 Å². The van der Waals surface area contributed by atoms with E-state index in [9.17, 15) is 8.42 Å². The summed E-state index contributed by atoms with van der Waals surface area (Å²) in [5.41, 5.74) is 0. The predicted octanol–water partition coefficient (Wildman–Crippen LogP) is 0.355. The van der Waals surface area contributed by atoms with Crippen molar-refractivity contribution in [3.8, 4) is 0 Å². The molecule has 1 aliphatic carbocycles. The van der Waals surface area contributed by atoms with Gasteiger partial charge in [-0.2, -0.15) is 5.10 Å². The molecule has 1 aromatic rings. The Bertz CT molecular complexity index is 479. The summed E-state index contributed by atoms with van der Waals surface area (Å²) < 4.78 is 24.7. The normalized spacial score (nSPS) is 16.1. The van der Waals surface area contributed by atoms with Crippen molar-refractivity contribution in [1.82, 2.24) is 20.1 Å². The van der Waals surface area contributed by atoms with Crippen molar-refractivity contribution < 1.29 is 8.42 Å². The van der Waals surface area contributed by atoms with Crippen molar-refractivity contribution >= 4 is 9.84 Å². The molecule has 1 heterocycles. The molecule has 2 rings (SSSR count). The summed E-state index contributed by atoms with van der Waals surface area (Å²) >= 11 is 0. The van der Waals surface area contributed by atoms with Gasteiger partial charge in [-0.15, -0.1) is 0 Å². The first kappa shape index (κ1) is 13.5. The average molecular weight is 272 g/mol. The number of nitrogens with one attached hydrogen (secondary N) is 1. The Kier molecular flexibility index (Phi) is 4.34. The van der Waals surface area contributed by atoms with Gasteiger partial charge in [-0.25, -0.2) is 13.4 Å². The van der Waals surface area contributed by atoms with Gasteiger partial charge in [0.1, 0.15) is 6.33 Å². The van der Waals surface area contributed by atoms with Gasteiger partial charge in [-0.05, 0) is 19.3 Å². The van der Waals surface area contributed by atoms with Gasteiger partial charge in [0.15, 0.2) is 15.7 Å². The zero-order chi connectivity index (χ0) is 13.0. The Balaban J connectivity index is 1.78. The molecule has 0 saturated heterocycles. The van der Waals surface area contributed by atoms with E-state index in [-0.39, 0.29) is 11.5 Å². The Morgan fingerprint density at radius 2 is 2.22 bits per heavy atom. The highest BCUT2D eigenvalue weighted by Gasteiger charge is 2.20. The fourth-order valence-electron chi connectivity index (χ4n) is 1.69. The van der Waals surface area contributed by atoms with Crippen molar-refractivity contribution in [2.24, 2.45) is 0 Å². The van der Waals surface area contributed by atoms with Gasteiger partial charge < -0.3 is 5.32 Å². The number of nitrogens with zero attached hydrogens (tertiary/aromatic N) is 3. The summed E-state index contributed by atoms with van der Waals surface area (Å²) in [6, 6.07) is 0.627. The number of aromatic nitrogens is 3. The van der Waals surface area contributed by atoms with E-state index in [1.165, 1.54) is 12.8 Å². The zero-order valence-corrected chi connectivity index (χ0v) is 11.5. The number of rotatable bonds is 8. The quantitative estimate of drug-likeness (QED) is 0.739. The summed E-state index contributed by atoms with van der Waals surface area (Å²) in [5.74, 6) is 1.12. The third-order valence-electron chi connectivity index (χ3n) is 2.86. The van der Waals surface area contributed by atoms with E-state index in [0.717, 1.165) is 5.82 Å². The Morgan fingerprint density at radius 1 is 1.44 bits per heavy atom. The third-order valence-corrected chi connectivity index (χ3v) is 4.69. The molecule has 18 heavy (non-hydrogen) atoms. The number of sulfone groups is 1. The van der Waals surface area contributed by atoms with E-state index >= 15 is 0 Å². The van der Waals surface area contributed by atoms with E-state index in [0.29, 0.717) is 25.6 Å². The third kappa shape index (κ3) is 4.38. The van der Waals surface area contributed by atoms with Crippen LogP contribution in [0.4, 0.5) is 0 Å². The van der Waals surface area contributed by atoms with Crippen LogP contribution in [0, 0.1) is 0 Å². The van der Waals surface area contributed by atoms with E-state index in [1.807, 2.05) is 6.92 Å². The molecule has 0 radical (unpaired) electrons. The molecule has 0 bridgehead atoms. The minimum absolute atomic E-state index is 0.139. The smallest absolute Gasteiger partial charge is 0.164 e. The van der Waals surface area contributed by atoms with Crippen molar-refractivity contribution in [3.63, 3.8) is 0 Å². The molecule has 1 fully saturated rings. The number of hydrogen-bond acceptors (Lipinski definition) is 5. The van der Waals surface area contributed by atoms with Gasteiger partial charge in [0.25, 0.3) is 0 Å². The van der Waals surface area contributed by atoms with Crippen LogP contribution in [0.3, 0.4) is 0 Å². The molecule has 0 spiro atoms. The maximum atomic E-state index is 11.6. The second kappa shape index (κ2) is 5.79. The second-order valence-electron chi connectivity index (χ2n) is 4.73. The van der Waals surface area contributed by atoms with E-state index in [2.05, 4.69) is 15.4 Å². The molecule has 1 aliphatic rings. The van der Waals surface area contributed by atoms with Crippen LogP contribution >= 0.6 is 0 Å². The minimum Gasteiger partial charge on any atom is -0.307 e. The van der Waals surface area contributed by atoms with Crippen LogP contribution in [0.25, 0.3) is 0 Å². The molecular formula is C11H20N4O2S. The fraction of sp³-hybridized carbons (Fsp3) is 0.818. The molecular weight excluding hydrogens is 252 g/mol. The van der Waals surface area contributed by atoms with Crippen LogP contribution in [-0.2, 0) is 22.9 Å². The van der Waals surface area contributed by atoms with Crippen molar-refractivity contribution in [2.75, 3.05) is 11.5 Å². The Morgan fingerprint density at radius 3 is 2.89 bits per heavy atom. The topological polar surface area (TPSA) is 76.9 Å². The fourth-order valence-corrected chi connectivity index (χ4v) is 2.98. The van der Waals surface area contributed by atoms with Crippen molar-refractivity contribution in [2.45, 2.75) is 45.3 Å². The summed E-state index contributed by atoms with van der Waals surface area (Å²) in [4.78, 5) is 4.16. The highest BCUT2D eigenvalue weighted by molar-refractivity contribution is 7.91. The molecule has 1 saturated carbocycles. The summed E-state index contributed by atoms with van der Waals surface area (Å²) in [6.45, 7) is 2.92. The lowest BCUT2D eigenvalue weighted by Gasteiger charge is -2.02. The largest absolute Gasteiger partial charge is 0.307 e. The van der Waals surface area contributed by atoms with Crippen LogP contribution in [0.15, 0.2) is 6.33 Å². The monoisotopic (exact) mass is 272 g/mol. The van der Waals surface area contributed by atoms with Gasteiger partial charge in [-0.3, -0.25) is 4.68 Å². The summed E-state index contributed by atoms with van der Waals surface area (Å²) in [5, 5.41) is 7.57. The molecule has 0 amide bonds. The number of aryl methyl sites for hydroxylation is 1. The van der Waals surface area contributed by atoms with Crippen LogP contribution < -0.4 is 5.32 Å². The van der Waals surface area contributed by atoms with Crippen molar-refractivity contribution in [1.29, 1.82) is 0 Å². The maximum Gasteiger partial charge on any atom is 0.164 e. The van der Waals surface area contributed by atoms with Gasteiger partial charge in [0.05, 0.1) is 18.8 Å². The molecule has 0 aliphatic heterocycles. The first-order valence-corrected chi connectivity index (χ1v) is 8.23. The Hall–Kier alpha value is -0.950. The first-order valence-electron chi connectivity index (χ1n) is 6.41. The van der Waals surface area contributed by atoms with E-state index < -0.39 is 9.84 Å². The van der Waals surface area contributed by atoms with E-state index in [1.54, 1.807) is 11.0 Å². The van der Waals surface area contributed by atoms with Gasteiger partial charge in [0, 0.05) is 11.8 Å². The molecule has 6 nitrogen and oxygen atoms in total. The highest BCUT2D eigenvalue weighted by Crippen LogP contribution is 2.18. The standard InChI is InChI=1S/C11H20N4O2S/c1-2-6-18(16,17)7-5-15-9-13-11(14-15)8-12-10-3-4-10/h9-10,12H,2-8H2,1H3. The van der Waals surface area contributed by atoms with Crippen LogP contribution in [0.5, 0.6) is 0 Å². The van der Waals surface area contributed by atoms with Gasteiger partial charge >= 0.3 is 0 Å². The predicted molar refractivity (Wildman–Crippen MR) is 68.8 cm³/mol. The molecule has 7 heteroatoms. The molecule has 102 valence electrons. The maximum absolute atomic E-state index is 11.6.